The number of ether oxygens (including phenoxy) is 2. The lowest BCUT2D eigenvalue weighted by Gasteiger charge is -2.26. The number of carbonyl (C=O) groups is 1. The number of halogens is 1. The van der Waals surface area contributed by atoms with E-state index in [-0.39, 0.29) is 17.8 Å². The molecule has 1 aromatic rings. The molecule has 0 fully saturated rings. The monoisotopic (exact) mass is 283 g/mol. The Balaban J connectivity index is 2.18. The van der Waals surface area contributed by atoms with Crippen molar-refractivity contribution >= 4 is 17.5 Å². The highest BCUT2D eigenvalue weighted by atomic mass is 35.5. The quantitative estimate of drug-likeness (QED) is 0.859. The van der Waals surface area contributed by atoms with Crippen molar-refractivity contribution in [3.8, 4) is 11.5 Å². The molecule has 1 unspecified atom stereocenters. The van der Waals surface area contributed by atoms with Gasteiger partial charge in [-0.05, 0) is 42.5 Å². The molecule has 104 valence electrons. The minimum atomic E-state index is -0.115. The summed E-state index contributed by atoms with van der Waals surface area (Å²) in [4.78, 5) is 11.3. The number of methoxy groups -OCH3 is 2. The van der Waals surface area contributed by atoms with Crippen molar-refractivity contribution in [2.75, 3.05) is 20.1 Å². The van der Waals surface area contributed by atoms with Crippen molar-refractivity contribution in [2.45, 2.75) is 25.3 Å². The first-order chi connectivity index (χ1) is 9.17. The summed E-state index contributed by atoms with van der Waals surface area (Å²) in [6.45, 7) is 0. The lowest BCUT2D eigenvalue weighted by molar-refractivity contribution is -0.119. The third-order valence-electron chi connectivity index (χ3n) is 3.42. The van der Waals surface area contributed by atoms with Gasteiger partial charge < -0.3 is 14.8 Å². The maximum Gasteiger partial charge on any atom is 0.235 e. The van der Waals surface area contributed by atoms with Crippen LogP contribution in [0, 0.1) is 0 Å². The topological polar surface area (TPSA) is 47.6 Å². The van der Waals surface area contributed by atoms with Crippen LogP contribution in [0.2, 0.25) is 0 Å². The van der Waals surface area contributed by atoms with E-state index in [2.05, 4.69) is 5.32 Å². The van der Waals surface area contributed by atoms with Crippen LogP contribution in [0.25, 0.3) is 0 Å². The molecule has 0 heterocycles. The Bertz CT molecular complexity index is 476. The number of alkyl halides is 1. The molecular formula is C14H18ClNO3. The highest BCUT2D eigenvalue weighted by Gasteiger charge is 2.22. The fraction of sp³-hybridized carbons (Fsp3) is 0.500. The van der Waals surface area contributed by atoms with E-state index < -0.39 is 0 Å². The number of carbonyl (C=O) groups excluding carboxylic acids is 1. The van der Waals surface area contributed by atoms with Gasteiger partial charge in [-0.15, -0.1) is 11.6 Å². The van der Waals surface area contributed by atoms with Crippen LogP contribution in [0.4, 0.5) is 0 Å². The molecule has 1 aliphatic carbocycles. The van der Waals surface area contributed by atoms with Crippen LogP contribution in [0.5, 0.6) is 11.5 Å². The molecular weight excluding hydrogens is 266 g/mol. The van der Waals surface area contributed by atoms with Crippen LogP contribution in [0.15, 0.2) is 12.1 Å². The molecule has 19 heavy (non-hydrogen) atoms. The summed E-state index contributed by atoms with van der Waals surface area (Å²) < 4.78 is 10.6. The summed E-state index contributed by atoms with van der Waals surface area (Å²) in [5.74, 6) is 1.38. The molecule has 1 aliphatic rings. The van der Waals surface area contributed by atoms with Crippen molar-refractivity contribution in [1.82, 2.24) is 5.32 Å². The van der Waals surface area contributed by atoms with Crippen molar-refractivity contribution in [3.63, 3.8) is 0 Å². The number of fused-ring (bicyclic) bond motifs is 1. The fourth-order valence-corrected chi connectivity index (χ4v) is 2.55. The number of hydrogen-bond acceptors (Lipinski definition) is 3. The molecule has 0 aliphatic heterocycles. The van der Waals surface area contributed by atoms with E-state index in [1.807, 2.05) is 12.1 Å². The zero-order chi connectivity index (χ0) is 13.8. The molecule has 0 bridgehead atoms. The number of amides is 1. The van der Waals surface area contributed by atoms with Crippen molar-refractivity contribution in [1.29, 1.82) is 0 Å². The average Bonchev–Trinajstić information content (AvgIpc) is 2.45. The zero-order valence-electron chi connectivity index (χ0n) is 11.2. The fourth-order valence-electron chi connectivity index (χ4n) is 2.47. The molecule has 2 rings (SSSR count). The Morgan fingerprint density at radius 1 is 1.32 bits per heavy atom. The predicted octanol–water partition coefficient (Wildman–Crippen LogP) is 1.92. The van der Waals surface area contributed by atoms with Gasteiger partial charge in [0.05, 0.1) is 14.2 Å². The van der Waals surface area contributed by atoms with Crippen molar-refractivity contribution in [3.05, 3.63) is 23.3 Å². The van der Waals surface area contributed by atoms with Crippen LogP contribution < -0.4 is 14.8 Å². The number of rotatable bonds is 4. The van der Waals surface area contributed by atoms with Gasteiger partial charge in [-0.3, -0.25) is 4.79 Å². The van der Waals surface area contributed by atoms with Gasteiger partial charge in [0.25, 0.3) is 0 Å². The van der Waals surface area contributed by atoms with Gasteiger partial charge >= 0.3 is 0 Å². The smallest absolute Gasteiger partial charge is 0.235 e. The zero-order valence-corrected chi connectivity index (χ0v) is 11.9. The first-order valence-electron chi connectivity index (χ1n) is 6.27. The van der Waals surface area contributed by atoms with Gasteiger partial charge in [0.1, 0.15) is 5.88 Å². The average molecular weight is 284 g/mol. The molecule has 0 saturated carbocycles. The molecule has 1 aromatic carbocycles. The summed E-state index contributed by atoms with van der Waals surface area (Å²) in [7, 11) is 3.26. The largest absolute Gasteiger partial charge is 0.493 e. The van der Waals surface area contributed by atoms with Gasteiger partial charge in [0.2, 0.25) is 5.91 Å². The van der Waals surface area contributed by atoms with Gasteiger partial charge in [-0.1, -0.05) is 0 Å². The number of benzene rings is 1. The summed E-state index contributed by atoms with van der Waals surface area (Å²) in [5.41, 5.74) is 2.46. The van der Waals surface area contributed by atoms with Crippen LogP contribution >= 0.6 is 11.6 Å². The Morgan fingerprint density at radius 3 is 2.53 bits per heavy atom. The molecule has 1 N–H and O–H groups in total. The molecule has 0 spiro atoms. The Labute approximate surface area is 118 Å². The highest BCUT2D eigenvalue weighted by molar-refractivity contribution is 6.27. The number of aryl methyl sites for hydroxylation is 1. The Morgan fingerprint density at radius 2 is 1.95 bits per heavy atom. The number of hydrogen-bond donors (Lipinski definition) is 1. The van der Waals surface area contributed by atoms with E-state index in [0.29, 0.717) is 0 Å². The van der Waals surface area contributed by atoms with Gasteiger partial charge in [-0.2, -0.15) is 0 Å². The van der Waals surface area contributed by atoms with E-state index >= 15 is 0 Å². The molecule has 0 radical (unpaired) electrons. The van der Waals surface area contributed by atoms with E-state index in [9.17, 15) is 4.79 Å². The summed E-state index contributed by atoms with van der Waals surface area (Å²) >= 11 is 5.51. The van der Waals surface area contributed by atoms with Crippen LogP contribution in [0.1, 0.15) is 17.5 Å². The second-order valence-corrected chi connectivity index (χ2v) is 4.88. The standard InChI is InChI=1S/C14H18ClNO3/c1-18-12-6-9-3-4-11(16-14(17)8-15)5-10(9)7-13(12)19-2/h6-7,11H,3-5,8H2,1-2H3,(H,16,17). The van der Waals surface area contributed by atoms with Gasteiger partial charge in [0.15, 0.2) is 11.5 Å². The first-order valence-corrected chi connectivity index (χ1v) is 6.80. The molecule has 5 heteroatoms. The van der Waals surface area contributed by atoms with E-state index in [1.54, 1.807) is 14.2 Å². The molecule has 4 nitrogen and oxygen atoms in total. The number of nitrogens with one attached hydrogen (secondary N) is 1. The SMILES string of the molecule is COc1cc2c(cc1OC)CC(NC(=O)CCl)CC2. The van der Waals surface area contributed by atoms with Crippen LogP contribution in [0.3, 0.4) is 0 Å². The second-order valence-electron chi connectivity index (χ2n) is 4.62. The van der Waals surface area contributed by atoms with Crippen LogP contribution in [-0.4, -0.2) is 32.0 Å². The third kappa shape index (κ3) is 3.13. The minimum absolute atomic E-state index is 0.00922. The summed E-state index contributed by atoms with van der Waals surface area (Å²) in [6.07, 6.45) is 2.65. The predicted molar refractivity (Wildman–Crippen MR) is 74.2 cm³/mol. The van der Waals surface area contributed by atoms with Gasteiger partial charge in [-0.25, -0.2) is 0 Å². The maximum absolute atomic E-state index is 11.3. The van der Waals surface area contributed by atoms with E-state index in [0.717, 1.165) is 30.8 Å². The molecule has 1 amide bonds. The molecule has 0 saturated heterocycles. The Kier molecular flexibility index (Phi) is 4.53. The summed E-state index contributed by atoms with van der Waals surface area (Å²) in [6, 6.07) is 4.16. The van der Waals surface area contributed by atoms with Crippen molar-refractivity contribution < 1.29 is 14.3 Å². The highest BCUT2D eigenvalue weighted by Crippen LogP contribution is 2.34. The lowest BCUT2D eigenvalue weighted by Crippen LogP contribution is -2.39. The summed E-state index contributed by atoms with van der Waals surface area (Å²) in [5, 5.41) is 2.93. The van der Waals surface area contributed by atoms with E-state index in [1.165, 1.54) is 11.1 Å². The Hall–Kier alpha value is -1.42. The first kappa shape index (κ1) is 14.0. The van der Waals surface area contributed by atoms with E-state index in [4.69, 9.17) is 21.1 Å². The third-order valence-corrected chi connectivity index (χ3v) is 3.66. The second kappa shape index (κ2) is 6.15. The molecule has 0 aromatic heterocycles. The normalized spacial score (nSPS) is 17.5. The molecule has 1 atom stereocenters. The van der Waals surface area contributed by atoms with Gasteiger partial charge in [0, 0.05) is 6.04 Å². The maximum atomic E-state index is 11.3. The lowest BCUT2D eigenvalue weighted by atomic mass is 9.88. The minimum Gasteiger partial charge on any atom is -0.493 e. The van der Waals surface area contributed by atoms with Crippen molar-refractivity contribution in [2.24, 2.45) is 0 Å². The van der Waals surface area contributed by atoms with Crippen LogP contribution in [-0.2, 0) is 17.6 Å².